The number of H-pyrrole nitrogens is 1. The van der Waals surface area contributed by atoms with Crippen LogP contribution in [0.15, 0.2) is 63.6 Å². The Morgan fingerprint density at radius 1 is 1.11 bits per heavy atom. The number of rotatable bonds is 5. The number of pyridine rings is 1. The minimum Gasteiger partial charge on any atom is -0.302 e. The lowest BCUT2D eigenvalue weighted by molar-refractivity contribution is -0.116. The molecule has 140 valence electrons. The highest BCUT2D eigenvalue weighted by Crippen LogP contribution is 2.23. The van der Waals surface area contributed by atoms with Crippen molar-refractivity contribution >= 4 is 33.3 Å². The third-order valence-corrected chi connectivity index (χ3v) is 4.90. The lowest BCUT2D eigenvalue weighted by atomic mass is 10.2. The molecule has 0 unspecified atom stereocenters. The summed E-state index contributed by atoms with van der Waals surface area (Å²) < 4.78 is 1.39. The second-order valence-corrected chi connectivity index (χ2v) is 6.84. The molecule has 8 nitrogen and oxygen atoms in total. The van der Waals surface area contributed by atoms with Gasteiger partial charge in [-0.2, -0.15) is 0 Å². The van der Waals surface area contributed by atoms with E-state index in [0.29, 0.717) is 21.7 Å². The number of amides is 1. The molecule has 0 aliphatic carbocycles. The Morgan fingerprint density at radius 2 is 1.93 bits per heavy atom. The van der Waals surface area contributed by atoms with Gasteiger partial charge in [0.05, 0.1) is 16.6 Å². The summed E-state index contributed by atoms with van der Waals surface area (Å²) in [7, 11) is 0. The number of hydrogen-bond donors (Lipinski definition) is 2. The molecule has 9 heteroatoms. The van der Waals surface area contributed by atoms with Gasteiger partial charge in [-0.05, 0) is 24.3 Å². The molecule has 0 atom stereocenters. The van der Waals surface area contributed by atoms with Gasteiger partial charge in [-0.1, -0.05) is 18.2 Å². The predicted octanol–water partition coefficient (Wildman–Crippen LogP) is 2.24. The highest BCUT2D eigenvalue weighted by molar-refractivity contribution is 7.14. The summed E-state index contributed by atoms with van der Waals surface area (Å²) in [6, 6.07) is 12.3. The van der Waals surface area contributed by atoms with E-state index in [2.05, 4.69) is 20.3 Å². The molecule has 2 N–H and O–H groups in total. The third kappa shape index (κ3) is 3.60. The largest absolute Gasteiger partial charge is 0.328 e. The van der Waals surface area contributed by atoms with Crippen LogP contribution in [0, 0.1) is 0 Å². The van der Waals surface area contributed by atoms with Gasteiger partial charge < -0.3 is 5.32 Å². The maximum atomic E-state index is 12.3. The van der Waals surface area contributed by atoms with E-state index in [-0.39, 0.29) is 18.9 Å². The highest BCUT2D eigenvalue weighted by atomic mass is 32.1. The van der Waals surface area contributed by atoms with Crippen molar-refractivity contribution in [1.29, 1.82) is 0 Å². The number of aromatic nitrogens is 4. The summed E-state index contributed by atoms with van der Waals surface area (Å²) >= 11 is 1.30. The van der Waals surface area contributed by atoms with Crippen LogP contribution in [-0.4, -0.2) is 25.4 Å². The van der Waals surface area contributed by atoms with E-state index < -0.39 is 11.2 Å². The molecule has 1 amide bonds. The maximum absolute atomic E-state index is 12.3. The number of thiazole rings is 1. The molecule has 0 aliphatic heterocycles. The van der Waals surface area contributed by atoms with E-state index in [1.54, 1.807) is 30.5 Å². The Kier molecular flexibility index (Phi) is 4.81. The summed E-state index contributed by atoms with van der Waals surface area (Å²) in [5.74, 6) is -0.274. The summed E-state index contributed by atoms with van der Waals surface area (Å²) in [5.41, 5.74) is 0.930. The first-order chi connectivity index (χ1) is 13.6. The number of nitrogens with one attached hydrogen (secondary N) is 2. The summed E-state index contributed by atoms with van der Waals surface area (Å²) in [6.07, 6.45) is 1.74. The fourth-order valence-electron chi connectivity index (χ4n) is 2.82. The number of fused-ring (bicyclic) bond motifs is 1. The topological polar surface area (TPSA) is 110 Å². The van der Waals surface area contributed by atoms with Crippen molar-refractivity contribution in [3.8, 4) is 11.4 Å². The van der Waals surface area contributed by atoms with Crippen LogP contribution in [0.1, 0.15) is 6.42 Å². The Labute approximate surface area is 162 Å². The highest BCUT2D eigenvalue weighted by Gasteiger charge is 2.11. The van der Waals surface area contributed by atoms with Gasteiger partial charge in [0.1, 0.15) is 5.69 Å². The first-order valence-electron chi connectivity index (χ1n) is 8.50. The van der Waals surface area contributed by atoms with Gasteiger partial charge in [-0.25, -0.2) is 9.78 Å². The van der Waals surface area contributed by atoms with E-state index in [9.17, 15) is 14.4 Å². The van der Waals surface area contributed by atoms with Crippen molar-refractivity contribution in [1.82, 2.24) is 19.5 Å². The van der Waals surface area contributed by atoms with E-state index >= 15 is 0 Å². The number of para-hydroxylation sites is 1. The molecule has 3 aromatic heterocycles. The Hall–Kier alpha value is -3.59. The lowest BCUT2D eigenvalue weighted by Gasteiger charge is -2.09. The van der Waals surface area contributed by atoms with Crippen LogP contribution in [0.2, 0.25) is 0 Å². The molecule has 0 radical (unpaired) electrons. The van der Waals surface area contributed by atoms with Crippen LogP contribution in [0.3, 0.4) is 0 Å². The molecule has 4 rings (SSSR count). The lowest BCUT2D eigenvalue weighted by Crippen LogP contribution is -2.31. The third-order valence-electron chi connectivity index (χ3n) is 4.15. The van der Waals surface area contributed by atoms with Gasteiger partial charge in [0.2, 0.25) is 5.91 Å². The first-order valence-corrected chi connectivity index (χ1v) is 9.38. The van der Waals surface area contributed by atoms with Crippen LogP contribution in [0.5, 0.6) is 0 Å². The zero-order valence-electron chi connectivity index (χ0n) is 14.6. The van der Waals surface area contributed by atoms with Crippen LogP contribution in [0.25, 0.3) is 22.3 Å². The average Bonchev–Trinajstić information content (AvgIpc) is 3.17. The molecule has 0 spiro atoms. The van der Waals surface area contributed by atoms with Crippen molar-refractivity contribution in [2.75, 3.05) is 5.32 Å². The molecule has 0 saturated heterocycles. The van der Waals surface area contributed by atoms with Gasteiger partial charge in [0.25, 0.3) is 5.56 Å². The van der Waals surface area contributed by atoms with Crippen molar-refractivity contribution in [3.63, 3.8) is 0 Å². The zero-order chi connectivity index (χ0) is 19.5. The van der Waals surface area contributed by atoms with Crippen molar-refractivity contribution < 1.29 is 4.79 Å². The summed E-state index contributed by atoms with van der Waals surface area (Å²) in [6.45, 7) is 0.139. The number of aryl methyl sites for hydroxylation is 1. The van der Waals surface area contributed by atoms with E-state index in [0.717, 1.165) is 5.69 Å². The fraction of sp³-hybridized carbons (Fsp3) is 0.105. The van der Waals surface area contributed by atoms with E-state index in [4.69, 9.17) is 0 Å². The Bertz CT molecular complexity index is 1260. The minimum atomic E-state index is -0.539. The van der Waals surface area contributed by atoms with Gasteiger partial charge in [0.15, 0.2) is 5.13 Å². The number of aromatic amines is 1. The van der Waals surface area contributed by atoms with E-state index in [1.807, 2.05) is 23.6 Å². The van der Waals surface area contributed by atoms with Gasteiger partial charge >= 0.3 is 5.69 Å². The van der Waals surface area contributed by atoms with Crippen molar-refractivity contribution in [2.45, 2.75) is 13.0 Å². The van der Waals surface area contributed by atoms with Crippen LogP contribution < -0.4 is 16.6 Å². The second-order valence-electron chi connectivity index (χ2n) is 5.98. The number of hydrogen-bond acceptors (Lipinski definition) is 6. The number of carbonyl (C=O) groups is 1. The standard InChI is InChI=1S/C19H15N5O3S/c25-16(22-18-21-14(11-28-18)13-6-3-4-9-20-13)8-10-24-15-7-2-1-5-12(15)17(26)23-19(24)27/h1-7,9,11H,8,10H2,(H,21,22,25)(H,23,26,27). The van der Waals surface area contributed by atoms with Gasteiger partial charge in [-0.15, -0.1) is 11.3 Å². The second kappa shape index (κ2) is 7.57. The number of anilines is 1. The number of carbonyl (C=O) groups excluding carboxylic acids is 1. The molecule has 0 fully saturated rings. The molecule has 0 aliphatic rings. The molecule has 3 heterocycles. The Balaban J connectivity index is 1.47. The predicted molar refractivity (Wildman–Crippen MR) is 107 cm³/mol. The minimum absolute atomic E-state index is 0.0639. The molecule has 1 aromatic carbocycles. The van der Waals surface area contributed by atoms with Crippen molar-refractivity contribution in [3.05, 3.63) is 74.9 Å². The van der Waals surface area contributed by atoms with Gasteiger partial charge in [-0.3, -0.25) is 24.1 Å². The fourth-order valence-corrected chi connectivity index (χ4v) is 3.54. The molecule has 4 aromatic rings. The van der Waals surface area contributed by atoms with Crippen LogP contribution in [-0.2, 0) is 11.3 Å². The normalized spacial score (nSPS) is 10.9. The molecule has 0 bridgehead atoms. The van der Waals surface area contributed by atoms with Crippen molar-refractivity contribution in [2.24, 2.45) is 0 Å². The summed E-state index contributed by atoms with van der Waals surface area (Å²) in [5, 5.41) is 5.42. The Morgan fingerprint density at radius 3 is 2.75 bits per heavy atom. The zero-order valence-corrected chi connectivity index (χ0v) is 15.4. The molecule has 28 heavy (non-hydrogen) atoms. The average molecular weight is 393 g/mol. The quantitative estimate of drug-likeness (QED) is 0.540. The maximum Gasteiger partial charge on any atom is 0.328 e. The van der Waals surface area contributed by atoms with E-state index in [1.165, 1.54) is 15.9 Å². The van der Waals surface area contributed by atoms with Crippen LogP contribution in [0.4, 0.5) is 5.13 Å². The number of nitrogens with zero attached hydrogens (tertiary/aromatic N) is 3. The van der Waals surface area contributed by atoms with Crippen LogP contribution >= 0.6 is 11.3 Å². The smallest absolute Gasteiger partial charge is 0.302 e. The monoisotopic (exact) mass is 393 g/mol. The summed E-state index contributed by atoms with van der Waals surface area (Å²) in [4.78, 5) is 47.2. The molecule has 0 saturated carbocycles. The molecular formula is C19H15N5O3S. The SMILES string of the molecule is O=C(CCn1c(=O)[nH]c(=O)c2ccccc21)Nc1nc(-c2ccccn2)cs1. The van der Waals surface area contributed by atoms with Gasteiger partial charge in [0, 0.05) is 24.5 Å². The number of benzene rings is 1. The molecular weight excluding hydrogens is 378 g/mol. The first kappa shape index (κ1) is 17.8.